The van der Waals surface area contributed by atoms with Crippen LogP contribution in [0.1, 0.15) is 23.2 Å². The molecule has 0 bridgehead atoms. The van der Waals surface area contributed by atoms with Crippen molar-refractivity contribution in [1.29, 1.82) is 0 Å². The van der Waals surface area contributed by atoms with Gasteiger partial charge in [-0.05, 0) is 25.5 Å². The molecular formula is C13H17N3O2. The third kappa shape index (κ3) is 3.56. The van der Waals surface area contributed by atoms with Crippen LogP contribution < -0.4 is 10.6 Å². The normalized spacial score (nSPS) is 15.0. The molecule has 0 aromatic carbocycles. The number of carbonyl (C=O) groups excluding carboxylic acids is 1. The van der Waals surface area contributed by atoms with E-state index in [2.05, 4.69) is 21.7 Å². The summed E-state index contributed by atoms with van der Waals surface area (Å²) in [7, 11) is 0. The number of aromatic nitrogens is 1. The second-order valence-electron chi connectivity index (χ2n) is 4.25. The number of amides is 1. The molecule has 0 atom stereocenters. The van der Waals surface area contributed by atoms with Gasteiger partial charge in [-0.1, -0.05) is 11.6 Å². The summed E-state index contributed by atoms with van der Waals surface area (Å²) in [4.78, 5) is 15.5. The largest absolute Gasteiger partial charge is 0.506 e. The van der Waals surface area contributed by atoms with Crippen molar-refractivity contribution >= 4 is 5.91 Å². The van der Waals surface area contributed by atoms with Crippen LogP contribution in [0.3, 0.4) is 0 Å². The first kappa shape index (κ1) is 12.6. The fraction of sp³-hybridized carbons (Fsp3) is 0.385. The second kappa shape index (κ2) is 6.16. The fourth-order valence-electron chi connectivity index (χ4n) is 1.89. The lowest BCUT2D eigenvalue weighted by Crippen LogP contribution is -2.26. The van der Waals surface area contributed by atoms with E-state index in [1.54, 1.807) is 0 Å². The quantitative estimate of drug-likeness (QED) is 0.689. The van der Waals surface area contributed by atoms with Gasteiger partial charge in [-0.15, -0.1) is 0 Å². The molecule has 2 heterocycles. The van der Waals surface area contributed by atoms with Crippen LogP contribution >= 0.6 is 0 Å². The lowest BCUT2D eigenvalue weighted by atomic mass is 10.1. The summed E-state index contributed by atoms with van der Waals surface area (Å²) in [6.45, 7) is 2.54. The zero-order valence-corrected chi connectivity index (χ0v) is 10.1. The van der Waals surface area contributed by atoms with Gasteiger partial charge < -0.3 is 15.7 Å². The standard InChI is InChI=1S/C13H17N3O2/c17-12-7-11(8-15-9-12)13(18)16-6-3-10-1-4-14-5-2-10/h1,7-9,14,17H,2-6H2,(H,16,18). The number of hydrogen-bond donors (Lipinski definition) is 3. The van der Waals surface area contributed by atoms with Crippen molar-refractivity contribution in [2.75, 3.05) is 19.6 Å². The van der Waals surface area contributed by atoms with E-state index in [4.69, 9.17) is 0 Å². The highest BCUT2D eigenvalue weighted by Crippen LogP contribution is 2.10. The molecule has 5 nitrogen and oxygen atoms in total. The molecule has 2 rings (SSSR count). The van der Waals surface area contributed by atoms with Crippen LogP contribution in [-0.4, -0.2) is 35.6 Å². The molecule has 0 aliphatic carbocycles. The Balaban J connectivity index is 1.79. The summed E-state index contributed by atoms with van der Waals surface area (Å²) in [6.07, 6.45) is 6.84. The Bertz CT molecular complexity index is 457. The molecule has 0 fully saturated rings. The van der Waals surface area contributed by atoms with Gasteiger partial charge in [-0.2, -0.15) is 0 Å². The van der Waals surface area contributed by atoms with Gasteiger partial charge >= 0.3 is 0 Å². The van der Waals surface area contributed by atoms with E-state index >= 15 is 0 Å². The molecule has 0 radical (unpaired) electrons. The lowest BCUT2D eigenvalue weighted by Gasteiger charge is -2.14. The van der Waals surface area contributed by atoms with Crippen LogP contribution in [0.4, 0.5) is 0 Å². The van der Waals surface area contributed by atoms with Gasteiger partial charge in [-0.3, -0.25) is 9.78 Å². The van der Waals surface area contributed by atoms with Crippen molar-refractivity contribution in [3.8, 4) is 5.75 Å². The molecule has 1 amide bonds. The molecule has 0 saturated heterocycles. The van der Waals surface area contributed by atoms with E-state index in [0.717, 1.165) is 25.9 Å². The maximum Gasteiger partial charge on any atom is 0.252 e. The second-order valence-corrected chi connectivity index (χ2v) is 4.25. The Morgan fingerprint density at radius 2 is 2.39 bits per heavy atom. The summed E-state index contributed by atoms with van der Waals surface area (Å²) in [5, 5.41) is 15.3. The predicted molar refractivity (Wildman–Crippen MR) is 68.4 cm³/mol. The summed E-state index contributed by atoms with van der Waals surface area (Å²) >= 11 is 0. The van der Waals surface area contributed by atoms with Crippen molar-refractivity contribution in [2.24, 2.45) is 0 Å². The van der Waals surface area contributed by atoms with Gasteiger partial charge in [-0.25, -0.2) is 0 Å². The van der Waals surface area contributed by atoms with Gasteiger partial charge in [0.25, 0.3) is 5.91 Å². The van der Waals surface area contributed by atoms with E-state index in [-0.39, 0.29) is 11.7 Å². The van der Waals surface area contributed by atoms with E-state index in [0.29, 0.717) is 12.1 Å². The zero-order chi connectivity index (χ0) is 12.8. The van der Waals surface area contributed by atoms with Gasteiger partial charge in [0.1, 0.15) is 5.75 Å². The SMILES string of the molecule is O=C(NCCC1=CCNCC1)c1cncc(O)c1. The number of aromatic hydroxyl groups is 1. The highest BCUT2D eigenvalue weighted by atomic mass is 16.3. The molecule has 1 aliphatic heterocycles. The fourth-order valence-corrected chi connectivity index (χ4v) is 1.89. The molecule has 1 aromatic heterocycles. The predicted octanol–water partition coefficient (Wildman–Crippen LogP) is 0.827. The van der Waals surface area contributed by atoms with Crippen LogP contribution in [0.2, 0.25) is 0 Å². The molecule has 1 aliphatic rings. The van der Waals surface area contributed by atoms with Crippen LogP contribution in [0.25, 0.3) is 0 Å². The lowest BCUT2D eigenvalue weighted by molar-refractivity contribution is 0.0953. The number of carbonyl (C=O) groups is 1. The maximum atomic E-state index is 11.7. The average Bonchev–Trinajstić information content (AvgIpc) is 2.40. The Labute approximate surface area is 106 Å². The Morgan fingerprint density at radius 1 is 1.50 bits per heavy atom. The zero-order valence-electron chi connectivity index (χ0n) is 10.1. The highest BCUT2D eigenvalue weighted by molar-refractivity contribution is 5.94. The van der Waals surface area contributed by atoms with E-state index in [1.165, 1.54) is 24.0 Å². The smallest absolute Gasteiger partial charge is 0.252 e. The molecule has 96 valence electrons. The number of pyridine rings is 1. The van der Waals surface area contributed by atoms with Gasteiger partial charge in [0.05, 0.1) is 11.8 Å². The van der Waals surface area contributed by atoms with Crippen molar-refractivity contribution in [1.82, 2.24) is 15.6 Å². The van der Waals surface area contributed by atoms with Gasteiger partial charge in [0.15, 0.2) is 0 Å². The van der Waals surface area contributed by atoms with E-state index in [9.17, 15) is 9.90 Å². The first-order chi connectivity index (χ1) is 8.75. The van der Waals surface area contributed by atoms with Gasteiger partial charge in [0, 0.05) is 19.3 Å². The number of nitrogens with zero attached hydrogens (tertiary/aromatic N) is 1. The van der Waals surface area contributed by atoms with Crippen molar-refractivity contribution in [3.05, 3.63) is 35.7 Å². The van der Waals surface area contributed by atoms with Crippen molar-refractivity contribution in [2.45, 2.75) is 12.8 Å². The number of hydrogen-bond acceptors (Lipinski definition) is 4. The molecular weight excluding hydrogens is 230 g/mol. The Morgan fingerprint density at radius 3 is 3.11 bits per heavy atom. The Kier molecular flexibility index (Phi) is 4.30. The summed E-state index contributed by atoms with van der Waals surface area (Å²) in [5.74, 6) is -0.198. The summed E-state index contributed by atoms with van der Waals surface area (Å²) in [6, 6.07) is 1.41. The van der Waals surface area contributed by atoms with Crippen LogP contribution in [-0.2, 0) is 0 Å². The third-order valence-electron chi connectivity index (χ3n) is 2.88. The number of nitrogens with one attached hydrogen (secondary N) is 2. The molecule has 0 unspecified atom stereocenters. The minimum Gasteiger partial charge on any atom is -0.506 e. The van der Waals surface area contributed by atoms with Crippen molar-refractivity contribution < 1.29 is 9.90 Å². The monoisotopic (exact) mass is 247 g/mol. The number of rotatable bonds is 4. The highest BCUT2D eigenvalue weighted by Gasteiger charge is 2.07. The molecule has 1 aromatic rings. The topological polar surface area (TPSA) is 74.2 Å². The van der Waals surface area contributed by atoms with Crippen LogP contribution in [0.5, 0.6) is 5.75 Å². The van der Waals surface area contributed by atoms with Crippen molar-refractivity contribution in [3.63, 3.8) is 0 Å². The molecule has 18 heavy (non-hydrogen) atoms. The molecule has 3 N–H and O–H groups in total. The Hall–Kier alpha value is -1.88. The molecule has 0 saturated carbocycles. The van der Waals surface area contributed by atoms with Crippen LogP contribution in [0.15, 0.2) is 30.1 Å². The minimum absolute atomic E-state index is 0.00344. The summed E-state index contributed by atoms with van der Waals surface area (Å²) < 4.78 is 0. The summed E-state index contributed by atoms with van der Waals surface area (Å²) in [5.41, 5.74) is 1.76. The van der Waals surface area contributed by atoms with Crippen LogP contribution in [0, 0.1) is 0 Å². The third-order valence-corrected chi connectivity index (χ3v) is 2.88. The molecule has 5 heteroatoms. The van der Waals surface area contributed by atoms with E-state index < -0.39 is 0 Å². The first-order valence-electron chi connectivity index (χ1n) is 6.06. The van der Waals surface area contributed by atoms with Gasteiger partial charge in [0.2, 0.25) is 0 Å². The van der Waals surface area contributed by atoms with E-state index in [1.807, 2.05) is 0 Å². The minimum atomic E-state index is -0.201. The average molecular weight is 247 g/mol. The first-order valence-corrected chi connectivity index (χ1v) is 6.06. The maximum absolute atomic E-state index is 11.7. The molecule has 0 spiro atoms.